The number of rotatable bonds is 8. The van der Waals surface area contributed by atoms with Gasteiger partial charge in [0.15, 0.2) is 23.1 Å². The summed E-state index contributed by atoms with van der Waals surface area (Å²) in [5.74, 6) is -1.38. The number of ketones is 8. The molecule has 4 fully saturated rings. The van der Waals surface area contributed by atoms with Crippen molar-refractivity contribution in [3.05, 3.63) is 186 Å². The Labute approximate surface area is 687 Å². The monoisotopic (exact) mass is 1580 g/mol. The van der Waals surface area contributed by atoms with Crippen molar-refractivity contribution in [1.29, 1.82) is 0 Å². The normalized spacial score (nSPS) is 39.8. The molecule has 0 heterocycles. The van der Waals surface area contributed by atoms with Crippen LogP contribution in [0.15, 0.2) is 186 Å². The highest BCUT2D eigenvalue weighted by atomic mass is 16.5. The van der Waals surface area contributed by atoms with Gasteiger partial charge in [-0.2, -0.15) is 0 Å². The summed E-state index contributed by atoms with van der Waals surface area (Å²) >= 11 is 0. The van der Waals surface area contributed by atoms with Gasteiger partial charge in [-0.15, -0.1) is 0 Å². The summed E-state index contributed by atoms with van der Waals surface area (Å²) in [5, 5.41) is 0. The second kappa shape index (κ2) is 27.6. The van der Waals surface area contributed by atoms with Crippen LogP contribution in [0.4, 0.5) is 0 Å². The Hall–Kier alpha value is -8.92. The third-order valence-electron chi connectivity index (χ3n) is 34.2. The van der Waals surface area contributed by atoms with Crippen LogP contribution >= 0.6 is 0 Å². The summed E-state index contributed by atoms with van der Waals surface area (Å²) in [7, 11) is 1.42. The highest BCUT2D eigenvalue weighted by Gasteiger charge is 2.71. The van der Waals surface area contributed by atoms with Crippen molar-refractivity contribution in [3.8, 4) is 0 Å². The first-order valence-corrected chi connectivity index (χ1v) is 43.7. The lowest BCUT2D eigenvalue weighted by molar-refractivity contribution is -0.151. The van der Waals surface area contributed by atoms with Crippen LogP contribution in [-0.2, 0) is 76.5 Å². The molecule has 20 aliphatic carbocycles. The van der Waals surface area contributed by atoms with Crippen molar-refractivity contribution in [2.24, 2.45) is 88.7 Å². The lowest BCUT2D eigenvalue weighted by atomic mass is 9.51. The van der Waals surface area contributed by atoms with Crippen molar-refractivity contribution in [3.63, 3.8) is 0 Å². The van der Waals surface area contributed by atoms with Crippen molar-refractivity contribution < 1.29 is 76.5 Å². The van der Waals surface area contributed by atoms with Gasteiger partial charge in [0.2, 0.25) is 0 Å². The molecule has 0 N–H and O–H groups in total. The predicted molar refractivity (Wildman–Crippen MR) is 440 cm³/mol. The van der Waals surface area contributed by atoms with Crippen LogP contribution in [0.2, 0.25) is 0 Å². The van der Waals surface area contributed by atoms with Gasteiger partial charge in [-0.25, -0.2) is 0 Å². The fourth-order valence-electron chi connectivity index (χ4n) is 27.7. The SMILES string of the molecule is CC(C)OC(=O)[C@@H]1CC2=CC(=O)C=CC2(C)C2=C1C1=CC[C@@]3(C)CCC(=O)C13CC2.CCCOC(=O)[C@@H]1CC2=CC(=O)C=CC2(C)C2=C1C1=CC[C@@]3(C)CCC(=O)C13CC2.CCOC(=O)[C@@H]1CC2=CC(=O)C=CC2(C)C2=C1C1=CC[C@@]3(C)CCC(=O)C13CC2.COC(=O)[C@@H]1CC2=CC(=O)C=CC2(C)C2=C1C1=CC[C@@]3(C)CCC(=O)C13CC2. The zero-order valence-corrected chi connectivity index (χ0v) is 70.7. The van der Waals surface area contributed by atoms with Crippen LogP contribution < -0.4 is 0 Å². The van der Waals surface area contributed by atoms with Crippen LogP contribution in [-0.4, -0.2) is 96.6 Å². The van der Waals surface area contributed by atoms with Crippen molar-refractivity contribution >= 4 is 70.1 Å². The Morgan fingerprint density at radius 2 is 0.632 bits per heavy atom. The molecule has 8 unspecified atom stereocenters. The molecule has 0 aromatic carbocycles. The van der Waals surface area contributed by atoms with Crippen molar-refractivity contribution in [2.45, 2.75) is 250 Å². The van der Waals surface area contributed by atoms with Crippen molar-refractivity contribution in [2.75, 3.05) is 20.3 Å². The molecule has 0 bridgehead atoms. The minimum atomic E-state index is -0.450. The number of hydrogen-bond acceptors (Lipinski definition) is 16. The molecule has 20 rings (SSSR count). The number of fused-ring (bicyclic) bond motifs is 12. The molecule has 0 aliphatic heterocycles. The maximum atomic E-state index is 13.3. The number of ether oxygens (including phenoxy) is 4. The van der Waals surface area contributed by atoms with E-state index in [0.29, 0.717) is 87.7 Å². The van der Waals surface area contributed by atoms with Crippen LogP contribution in [0, 0.1) is 88.7 Å². The summed E-state index contributed by atoms with van der Waals surface area (Å²) in [6.07, 6.45) is 49.1. The van der Waals surface area contributed by atoms with Crippen LogP contribution in [0.3, 0.4) is 0 Å². The molecule has 0 aromatic heterocycles. The van der Waals surface area contributed by atoms with Crippen LogP contribution in [0.25, 0.3) is 0 Å². The molecule has 117 heavy (non-hydrogen) atoms. The lowest BCUT2D eigenvalue weighted by Gasteiger charge is -2.51. The molecule has 16 atom stereocenters. The summed E-state index contributed by atoms with van der Waals surface area (Å²) in [4.78, 5) is 154. The standard InChI is InChI=1S/2C26H30O4.C25H28O4.C24H26O4/c1-15(2)30-23(29)18-14-16-13-17(27)5-11-25(16,4)19-7-12-26-20(22(18)19)6-9-24(26,3)10-8-21(26)28;1-4-13-30-23(29)18-15-16-14-17(27)5-11-25(16,3)19-7-12-26-20(22(18)19)6-9-24(26,2)10-8-21(26)28;1-4-29-22(28)17-14-15-13-16(26)5-11-24(15,3)18-7-12-25-19(21(17)18)6-9-23(25,2)10-8-20(25)27;1-22-8-5-18-20-16(21(27)28-3)13-14-12-15(25)4-10-23(14,2)17(20)6-11-24(18,22)19(26)7-9-22/h5-6,11,13,15,18H,7-10,12,14H2,1-4H3;5-6,11,14,18H,4,7-10,12-13,15H2,1-3H3;5-6,11,13,17H,4,7-10,12,14H2,1-3H3;4-5,10,12,16H,6-9,11,13H2,1-3H3/t2*18-,24+,25?,26?;17-,23+,24?,25?;16-,22+,23?,24?/m1111/s1. The van der Waals surface area contributed by atoms with E-state index in [1.807, 2.05) is 52.0 Å². The number of carbonyl (C=O) groups is 12. The summed E-state index contributed by atoms with van der Waals surface area (Å²) < 4.78 is 21.9. The minimum absolute atomic E-state index is 0.0156. The minimum Gasteiger partial charge on any atom is -0.469 e. The quantitative estimate of drug-likeness (QED) is 0.162. The summed E-state index contributed by atoms with van der Waals surface area (Å²) in [5.41, 5.74) is 14.1. The first kappa shape index (κ1) is 80.5. The average Bonchev–Trinajstić information content (AvgIpc) is 1.56. The largest absolute Gasteiger partial charge is 0.469 e. The molecule has 20 aliphatic rings. The molecule has 0 amide bonds. The number of Topliss-reactive ketones (excluding diaryl/α,β-unsaturated/α-hetero) is 4. The fourth-order valence-corrected chi connectivity index (χ4v) is 27.7. The second-order valence-corrected chi connectivity index (χ2v) is 39.8. The Balaban J connectivity index is 0.000000112. The summed E-state index contributed by atoms with van der Waals surface area (Å²) in [6, 6.07) is 0. The molecule has 0 saturated heterocycles. The van der Waals surface area contributed by atoms with Crippen molar-refractivity contribution in [1.82, 2.24) is 0 Å². The van der Waals surface area contributed by atoms with Gasteiger partial charge in [0.05, 0.1) is 71.8 Å². The maximum absolute atomic E-state index is 13.3. The molecule has 4 saturated carbocycles. The van der Waals surface area contributed by atoms with Gasteiger partial charge in [0.1, 0.15) is 23.1 Å². The van der Waals surface area contributed by atoms with E-state index in [1.165, 1.54) is 29.4 Å². The number of hydrogen-bond donors (Lipinski definition) is 0. The molecular formula is C101H114O16. The average molecular weight is 1580 g/mol. The van der Waals surface area contributed by atoms with E-state index in [4.69, 9.17) is 18.9 Å². The van der Waals surface area contributed by atoms with Gasteiger partial charge < -0.3 is 18.9 Å². The summed E-state index contributed by atoms with van der Waals surface area (Å²) in [6.45, 7) is 25.9. The van der Waals surface area contributed by atoms with Gasteiger partial charge in [-0.1, -0.05) is 128 Å². The molecule has 4 spiro atoms. The third kappa shape index (κ3) is 11.0. The molecular weight excluding hydrogens is 1470 g/mol. The lowest BCUT2D eigenvalue weighted by Crippen LogP contribution is -2.46. The maximum Gasteiger partial charge on any atom is 0.314 e. The number of esters is 4. The Morgan fingerprint density at radius 3 is 0.889 bits per heavy atom. The Kier molecular flexibility index (Phi) is 19.0. The van der Waals surface area contributed by atoms with Gasteiger partial charge in [0, 0.05) is 47.3 Å². The van der Waals surface area contributed by atoms with Gasteiger partial charge in [-0.3, -0.25) is 57.5 Å². The topological polar surface area (TPSA) is 242 Å². The van der Waals surface area contributed by atoms with E-state index in [0.717, 1.165) is 176 Å². The van der Waals surface area contributed by atoms with E-state index in [9.17, 15) is 57.5 Å². The van der Waals surface area contributed by atoms with E-state index < -0.39 is 45.3 Å². The van der Waals surface area contributed by atoms with Gasteiger partial charge in [-0.05, 0) is 298 Å². The molecule has 16 nitrogen and oxygen atoms in total. The molecule has 0 radical (unpaired) electrons. The highest BCUT2D eigenvalue weighted by molar-refractivity contribution is 6.06. The molecule has 16 heteroatoms. The molecule has 614 valence electrons. The first-order valence-electron chi connectivity index (χ1n) is 43.7. The van der Waals surface area contributed by atoms with E-state index in [2.05, 4.69) is 79.7 Å². The highest BCUT2D eigenvalue weighted by Crippen LogP contribution is 2.76. The zero-order chi connectivity index (χ0) is 83.3. The van der Waals surface area contributed by atoms with E-state index >= 15 is 0 Å². The van der Waals surface area contributed by atoms with Crippen LogP contribution in [0.1, 0.15) is 244 Å². The number of methoxy groups -OCH3 is 1. The smallest absolute Gasteiger partial charge is 0.314 e. The Morgan fingerprint density at radius 1 is 0.368 bits per heavy atom. The fraction of sp³-hybridized carbons (Fsp3) is 0.564. The number of carbonyl (C=O) groups excluding carboxylic acids is 12. The second-order valence-electron chi connectivity index (χ2n) is 39.8. The Bertz CT molecular complexity index is 5210. The predicted octanol–water partition coefficient (Wildman–Crippen LogP) is 18.1. The van der Waals surface area contributed by atoms with E-state index in [-0.39, 0.29) is 96.4 Å². The zero-order valence-electron chi connectivity index (χ0n) is 70.7. The van der Waals surface area contributed by atoms with Gasteiger partial charge in [0.25, 0.3) is 0 Å². The van der Waals surface area contributed by atoms with Gasteiger partial charge >= 0.3 is 23.9 Å². The van der Waals surface area contributed by atoms with E-state index in [1.54, 1.807) is 48.6 Å². The van der Waals surface area contributed by atoms with Crippen LogP contribution in [0.5, 0.6) is 0 Å². The number of allylic oxidation sites excluding steroid dienone is 28. The first-order chi connectivity index (χ1) is 55.4. The molecule has 0 aromatic rings. The third-order valence-corrected chi connectivity index (χ3v) is 34.2.